The Kier molecular flexibility index (Phi) is 2.77. The zero-order valence-electron chi connectivity index (χ0n) is 10.5. The van der Waals surface area contributed by atoms with Crippen LogP contribution in [0.4, 0.5) is 0 Å². The molecule has 0 aromatic carbocycles. The summed E-state index contributed by atoms with van der Waals surface area (Å²) >= 11 is 0. The van der Waals surface area contributed by atoms with Gasteiger partial charge in [-0.15, -0.1) is 0 Å². The van der Waals surface area contributed by atoms with E-state index in [2.05, 4.69) is 27.4 Å². The number of likely N-dealkylation sites (tertiary alicyclic amines) is 1. The Morgan fingerprint density at radius 2 is 2.11 bits per heavy atom. The van der Waals surface area contributed by atoms with E-state index in [9.17, 15) is 0 Å². The Labute approximate surface area is 106 Å². The van der Waals surface area contributed by atoms with Crippen molar-refractivity contribution in [3.8, 4) is 6.07 Å². The molecule has 1 fully saturated rings. The number of nitriles is 1. The number of hydrogen-bond acceptors (Lipinski definition) is 3. The molecule has 3 rings (SSSR count). The van der Waals surface area contributed by atoms with Gasteiger partial charge in [-0.1, -0.05) is 6.07 Å². The summed E-state index contributed by atoms with van der Waals surface area (Å²) in [7, 11) is 2.15. The van der Waals surface area contributed by atoms with Crippen LogP contribution >= 0.6 is 0 Å². The van der Waals surface area contributed by atoms with Crippen molar-refractivity contribution in [1.82, 2.24) is 14.3 Å². The second kappa shape index (κ2) is 4.43. The van der Waals surface area contributed by atoms with Gasteiger partial charge in [-0.05, 0) is 45.1 Å². The van der Waals surface area contributed by atoms with Gasteiger partial charge >= 0.3 is 0 Å². The van der Waals surface area contributed by atoms with Crippen molar-refractivity contribution in [3.05, 3.63) is 35.9 Å². The highest BCUT2D eigenvalue weighted by atomic mass is 15.1. The largest absolute Gasteiger partial charge is 0.306 e. The van der Waals surface area contributed by atoms with Crippen molar-refractivity contribution in [2.75, 3.05) is 20.1 Å². The minimum absolute atomic E-state index is 0.471. The normalized spacial score (nSPS) is 18.0. The zero-order chi connectivity index (χ0) is 12.5. The van der Waals surface area contributed by atoms with Crippen molar-refractivity contribution in [1.29, 1.82) is 5.26 Å². The van der Waals surface area contributed by atoms with Gasteiger partial charge < -0.3 is 9.30 Å². The molecule has 4 nitrogen and oxygen atoms in total. The Hall–Kier alpha value is -1.86. The lowest BCUT2D eigenvalue weighted by Crippen LogP contribution is -2.29. The fourth-order valence-electron chi connectivity index (χ4n) is 2.70. The Morgan fingerprint density at radius 1 is 1.33 bits per heavy atom. The second-order valence-electron chi connectivity index (χ2n) is 4.96. The van der Waals surface area contributed by atoms with E-state index in [0.717, 1.165) is 37.3 Å². The summed E-state index contributed by atoms with van der Waals surface area (Å²) in [4.78, 5) is 6.88. The van der Waals surface area contributed by atoms with Gasteiger partial charge in [-0.3, -0.25) is 0 Å². The molecule has 4 heteroatoms. The summed E-state index contributed by atoms with van der Waals surface area (Å²) in [6, 6.07) is 8.11. The first kappa shape index (κ1) is 11.2. The number of aromatic nitrogens is 2. The van der Waals surface area contributed by atoms with E-state index >= 15 is 0 Å². The fourth-order valence-corrected chi connectivity index (χ4v) is 2.70. The Morgan fingerprint density at radius 3 is 2.83 bits per heavy atom. The van der Waals surface area contributed by atoms with Crippen LogP contribution in [0.5, 0.6) is 0 Å². The van der Waals surface area contributed by atoms with E-state index in [0.29, 0.717) is 11.6 Å². The van der Waals surface area contributed by atoms with Crippen molar-refractivity contribution in [2.24, 2.45) is 0 Å². The number of piperidine rings is 1. The molecular weight excluding hydrogens is 224 g/mol. The molecular formula is C14H16N4. The first-order chi connectivity index (χ1) is 8.79. The van der Waals surface area contributed by atoms with Crippen LogP contribution < -0.4 is 0 Å². The topological polar surface area (TPSA) is 44.3 Å². The number of imidazole rings is 1. The molecule has 0 bridgehead atoms. The SMILES string of the molecule is CN1CCC(c2nc(C#N)c3ccccn23)CC1. The fraction of sp³-hybridized carbons (Fsp3) is 0.429. The summed E-state index contributed by atoms with van der Waals surface area (Å²) < 4.78 is 2.08. The first-order valence-electron chi connectivity index (χ1n) is 6.35. The van der Waals surface area contributed by atoms with Crippen molar-refractivity contribution in [3.63, 3.8) is 0 Å². The maximum atomic E-state index is 9.16. The Balaban J connectivity index is 2.04. The molecule has 1 aliphatic rings. The Bertz CT molecular complexity index is 600. The molecule has 92 valence electrons. The van der Waals surface area contributed by atoms with Crippen molar-refractivity contribution in [2.45, 2.75) is 18.8 Å². The van der Waals surface area contributed by atoms with Crippen LogP contribution in [0.25, 0.3) is 5.52 Å². The molecule has 0 radical (unpaired) electrons. The quantitative estimate of drug-likeness (QED) is 0.766. The highest BCUT2D eigenvalue weighted by molar-refractivity contribution is 5.58. The van der Waals surface area contributed by atoms with Crippen LogP contribution in [0.2, 0.25) is 0 Å². The molecule has 0 amide bonds. The van der Waals surface area contributed by atoms with Crippen LogP contribution in [-0.2, 0) is 0 Å². The number of fused-ring (bicyclic) bond motifs is 1. The lowest BCUT2D eigenvalue weighted by molar-refractivity contribution is 0.251. The summed E-state index contributed by atoms with van der Waals surface area (Å²) in [6.45, 7) is 2.21. The average molecular weight is 240 g/mol. The summed E-state index contributed by atoms with van der Waals surface area (Å²) in [6.07, 6.45) is 4.25. The number of rotatable bonds is 1. The molecule has 2 aromatic rings. The first-order valence-corrected chi connectivity index (χ1v) is 6.35. The average Bonchev–Trinajstić information content (AvgIpc) is 2.79. The van der Waals surface area contributed by atoms with Gasteiger partial charge in [0.2, 0.25) is 0 Å². The third-order valence-electron chi connectivity index (χ3n) is 3.77. The maximum absolute atomic E-state index is 9.16. The third kappa shape index (κ3) is 1.77. The third-order valence-corrected chi connectivity index (χ3v) is 3.77. The van der Waals surface area contributed by atoms with Crippen LogP contribution in [-0.4, -0.2) is 34.4 Å². The van der Waals surface area contributed by atoms with Gasteiger partial charge in [-0.25, -0.2) is 4.98 Å². The predicted molar refractivity (Wildman–Crippen MR) is 69.4 cm³/mol. The van der Waals surface area contributed by atoms with Crippen molar-refractivity contribution < 1.29 is 0 Å². The molecule has 0 saturated carbocycles. The minimum Gasteiger partial charge on any atom is -0.306 e. The van der Waals surface area contributed by atoms with Crippen molar-refractivity contribution >= 4 is 5.52 Å². The summed E-state index contributed by atoms with van der Waals surface area (Å²) in [5.74, 6) is 1.52. The number of hydrogen-bond donors (Lipinski definition) is 0. The van der Waals surface area contributed by atoms with Gasteiger partial charge in [-0.2, -0.15) is 5.26 Å². The van der Waals surface area contributed by atoms with E-state index in [4.69, 9.17) is 5.26 Å². The lowest BCUT2D eigenvalue weighted by Gasteiger charge is -2.28. The second-order valence-corrected chi connectivity index (χ2v) is 4.96. The summed E-state index contributed by atoms with van der Waals surface area (Å²) in [5.41, 5.74) is 1.47. The standard InChI is InChI=1S/C14H16N4/c1-17-8-5-11(6-9-17)14-16-12(10-15)13-4-2-3-7-18(13)14/h2-4,7,11H,5-6,8-9H2,1H3. The van der Waals surface area contributed by atoms with Crippen LogP contribution in [0.1, 0.15) is 30.3 Å². The van der Waals surface area contributed by atoms with Gasteiger partial charge in [0.15, 0.2) is 5.69 Å². The number of nitrogens with zero attached hydrogens (tertiary/aromatic N) is 4. The molecule has 0 atom stereocenters. The van der Waals surface area contributed by atoms with E-state index in [1.54, 1.807) is 0 Å². The van der Waals surface area contributed by atoms with Crippen LogP contribution in [0.3, 0.4) is 0 Å². The van der Waals surface area contributed by atoms with Gasteiger partial charge in [0.25, 0.3) is 0 Å². The minimum atomic E-state index is 0.471. The molecule has 1 aliphatic heterocycles. The van der Waals surface area contributed by atoms with Crippen LogP contribution in [0.15, 0.2) is 24.4 Å². The molecule has 18 heavy (non-hydrogen) atoms. The smallest absolute Gasteiger partial charge is 0.166 e. The molecule has 0 aliphatic carbocycles. The highest BCUT2D eigenvalue weighted by Gasteiger charge is 2.23. The van der Waals surface area contributed by atoms with E-state index in [1.165, 1.54) is 0 Å². The predicted octanol–water partition coefficient (Wildman–Crippen LogP) is 2.02. The van der Waals surface area contributed by atoms with E-state index in [-0.39, 0.29) is 0 Å². The van der Waals surface area contributed by atoms with Gasteiger partial charge in [0, 0.05) is 12.1 Å². The van der Waals surface area contributed by atoms with E-state index in [1.807, 2.05) is 24.4 Å². The van der Waals surface area contributed by atoms with Gasteiger partial charge in [0.05, 0.1) is 5.52 Å². The maximum Gasteiger partial charge on any atom is 0.166 e. The van der Waals surface area contributed by atoms with Gasteiger partial charge in [0.1, 0.15) is 11.9 Å². The lowest BCUT2D eigenvalue weighted by atomic mass is 9.96. The molecule has 0 spiro atoms. The molecule has 0 N–H and O–H groups in total. The van der Waals surface area contributed by atoms with Crippen LogP contribution in [0, 0.1) is 11.3 Å². The summed E-state index contributed by atoms with van der Waals surface area (Å²) in [5, 5.41) is 9.16. The zero-order valence-corrected chi connectivity index (χ0v) is 10.5. The molecule has 1 saturated heterocycles. The molecule has 3 heterocycles. The monoisotopic (exact) mass is 240 g/mol. The van der Waals surface area contributed by atoms with E-state index < -0.39 is 0 Å². The highest BCUT2D eigenvalue weighted by Crippen LogP contribution is 2.28. The number of pyridine rings is 1. The molecule has 2 aromatic heterocycles. The molecule has 0 unspecified atom stereocenters.